The molecule has 0 saturated carbocycles. The van der Waals surface area contributed by atoms with Crippen LogP contribution in [0.3, 0.4) is 0 Å². The monoisotopic (exact) mass is 405 g/mol. The molecule has 0 amide bonds. The highest BCUT2D eigenvalue weighted by atomic mass is 79.9. The van der Waals surface area contributed by atoms with Gasteiger partial charge in [0.2, 0.25) is 4.73 Å². The molecular formula is C16H16BrN5O3. The van der Waals surface area contributed by atoms with Crippen LogP contribution in [-0.4, -0.2) is 38.3 Å². The molecule has 8 nitrogen and oxygen atoms in total. The molecule has 0 bridgehead atoms. The molecule has 3 heterocycles. The lowest BCUT2D eigenvalue weighted by Gasteiger charge is -2.12. The van der Waals surface area contributed by atoms with Crippen molar-refractivity contribution >= 4 is 38.6 Å². The van der Waals surface area contributed by atoms with Gasteiger partial charge in [0, 0.05) is 18.4 Å². The minimum atomic E-state index is -0.0512. The second kappa shape index (κ2) is 6.49. The van der Waals surface area contributed by atoms with Gasteiger partial charge >= 0.3 is 0 Å². The molecule has 1 atom stereocenters. The molecule has 0 radical (unpaired) electrons. The molecule has 3 aromatic rings. The van der Waals surface area contributed by atoms with E-state index in [9.17, 15) is 5.11 Å². The lowest BCUT2D eigenvalue weighted by atomic mass is 10.2. The van der Waals surface area contributed by atoms with Crippen molar-refractivity contribution in [3.8, 4) is 11.5 Å². The van der Waals surface area contributed by atoms with Gasteiger partial charge in [-0.25, -0.2) is 15.0 Å². The number of phenols is 1. The second-order valence-corrected chi connectivity index (χ2v) is 6.35. The van der Waals surface area contributed by atoms with E-state index in [-0.39, 0.29) is 12.0 Å². The second-order valence-electron chi connectivity index (χ2n) is 5.64. The zero-order valence-corrected chi connectivity index (χ0v) is 15.0. The molecule has 1 aliphatic rings. The van der Waals surface area contributed by atoms with E-state index in [0.29, 0.717) is 33.2 Å². The summed E-state index contributed by atoms with van der Waals surface area (Å²) in [4.78, 5) is 13.3. The van der Waals surface area contributed by atoms with Gasteiger partial charge in [-0.2, -0.15) is 0 Å². The number of hydrogen-bond donors (Lipinski definition) is 2. The van der Waals surface area contributed by atoms with E-state index >= 15 is 0 Å². The topological polar surface area (TPSA) is 94.3 Å². The fraction of sp³-hybridized carbons (Fsp3) is 0.312. The van der Waals surface area contributed by atoms with Crippen molar-refractivity contribution in [1.29, 1.82) is 0 Å². The Morgan fingerprint density at radius 3 is 3.00 bits per heavy atom. The lowest BCUT2D eigenvalue weighted by Crippen LogP contribution is -2.07. The third kappa shape index (κ3) is 3.00. The van der Waals surface area contributed by atoms with Crippen LogP contribution in [0.5, 0.6) is 11.5 Å². The SMILES string of the molecule is COc1ccc(Nc2nc(Br)nc3c2ncn3C2CCCO2)cc1O. The Bertz CT molecular complexity index is 924. The largest absolute Gasteiger partial charge is 0.504 e. The molecule has 2 N–H and O–H groups in total. The van der Waals surface area contributed by atoms with E-state index in [1.165, 1.54) is 7.11 Å². The number of phenolic OH excluding ortho intramolecular Hbond substituents is 1. The number of ether oxygens (including phenoxy) is 2. The fourth-order valence-corrected chi connectivity index (χ4v) is 3.22. The van der Waals surface area contributed by atoms with Gasteiger partial charge < -0.3 is 19.9 Å². The van der Waals surface area contributed by atoms with Gasteiger partial charge in [-0.1, -0.05) is 0 Å². The predicted molar refractivity (Wildman–Crippen MR) is 95.2 cm³/mol. The van der Waals surface area contributed by atoms with Crippen molar-refractivity contribution in [1.82, 2.24) is 19.5 Å². The first-order chi connectivity index (χ1) is 12.2. The first kappa shape index (κ1) is 16.1. The predicted octanol–water partition coefficient (Wildman–Crippen LogP) is 3.36. The fourth-order valence-electron chi connectivity index (χ4n) is 2.87. The number of aromatic hydroxyl groups is 1. The van der Waals surface area contributed by atoms with Crippen LogP contribution in [0.4, 0.5) is 11.5 Å². The number of methoxy groups -OCH3 is 1. The quantitative estimate of drug-likeness (QED) is 0.642. The van der Waals surface area contributed by atoms with Crippen molar-refractivity contribution in [3.63, 3.8) is 0 Å². The van der Waals surface area contributed by atoms with Gasteiger partial charge in [-0.3, -0.25) is 4.57 Å². The molecule has 1 unspecified atom stereocenters. The Hall–Kier alpha value is -2.39. The molecule has 2 aromatic heterocycles. The molecule has 1 aliphatic heterocycles. The van der Waals surface area contributed by atoms with Crippen molar-refractivity contribution in [2.24, 2.45) is 0 Å². The molecule has 0 spiro atoms. The summed E-state index contributed by atoms with van der Waals surface area (Å²) < 4.78 is 13.2. The van der Waals surface area contributed by atoms with E-state index in [0.717, 1.165) is 19.4 Å². The number of rotatable bonds is 4. The highest BCUT2D eigenvalue weighted by molar-refractivity contribution is 9.10. The van der Waals surface area contributed by atoms with Gasteiger partial charge in [0.15, 0.2) is 28.5 Å². The van der Waals surface area contributed by atoms with Crippen molar-refractivity contribution < 1.29 is 14.6 Å². The number of hydrogen-bond acceptors (Lipinski definition) is 7. The van der Waals surface area contributed by atoms with Crippen LogP contribution in [0, 0.1) is 0 Å². The maximum absolute atomic E-state index is 9.94. The smallest absolute Gasteiger partial charge is 0.200 e. The van der Waals surface area contributed by atoms with E-state index in [2.05, 4.69) is 36.2 Å². The zero-order chi connectivity index (χ0) is 17.4. The maximum Gasteiger partial charge on any atom is 0.200 e. The first-order valence-electron chi connectivity index (χ1n) is 7.81. The first-order valence-corrected chi connectivity index (χ1v) is 8.60. The number of fused-ring (bicyclic) bond motifs is 1. The number of aromatic nitrogens is 4. The number of halogens is 1. The summed E-state index contributed by atoms with van der Waals surface area (Å²) in [6, 6.07) is 5.03. The highest BCUT2D eigenvalue weighted by Crippen LogP contribution is 2.33. The van der Waals surface area contributed by atoms with Crippen molar-refractivity contribution in [2.45, 2.75) is 19.1 Å². The summed E-state index contributed by atoms with van der Waals surface area (Å²) in [5.41, 5.74) is 1.99. The minimum Gasteiger partial charge on any atom is -0.504 e. The third-order valence-electron chi connectivity index (χ3n) is 4.05. The van der Waals surface area contributed by atoms with Gasteiger partial charge in [-0.15, -0.1) is 0 Å². The molecule has 1 saturated heterocycles. The lowest BCUT2D eigenvalue weighted by molar-refractivity contribution is 0.0592. The molecule has 1 fully saturated rings. The average Bonchev–Trinajstić information content (AvgIpc) is 3.24. The maximum atomic E-state index is 9.94. The minimum absolute atomic E-state index is 0.0433. The molecule has 4 rings (SSSR count). The number of imidazole rings is 1. The van der Waals surface area contributed by atoms with Crippen LogP contribution >= 0.6 is 15.9 Å². The van der Waals surface area contributed by atoms with Crippen LogP contribution in [0.15, 0.2) is 29.3 Å². The van der Waals surface area contributed by atoms with E-state index in [1.54, 1.807) is 24.5 Å². The molecular weight excluding hydrogens is 390 g/mol. The Kier molecular flexibility index (Phi) is 4.18. The van der Waals surface area contributed by atoms with E-state index in [1.807, 2.05) is 4.57 Å². The number of benzene rings is 1. The standard InChI is InChI=1S/C16H16BrN5O3/c1-24-11-5-4-9(7-10(11)23)19-14-13-15(21-16(17)20-14)22(8-18-13)12-3-2-6-25-12/h4-5,7-8,12,23H,2-3,6H2,1H3,(H,19,20,21). The van der Waals surface area contributed by atoms with Crippen LogP contribution in [0.2, 0.25) is 0 Å². The average molecular weight is 406 g/mol. The highest BCUT2D eigenvalue weighted by Gasteiger charge is 2.22. The van der Waals surface area contributed by atoms with Gasteiger partial charge in [0.1, 0.15) is 6.23 Å². The van der Waals surface area contributed by atoms with Crippen LogP contribution in [0.1, 0.15) is 19.1 Å². The Morgan fingerprint density at radius 1 is 1.40 bits per heavy atom. The molecule has 0 aliphatic carbocycles. The number of nitrogens with zero attached hydrogens (tertiary/aromatic N) is 4. The molecule has 1 aromatic carbocycles. The zero-order valence-electron chi connectivity index (χ0n) is 13.4. The van der Waals surface area contributed by atoms with Crippen LogP contribution in [-0.2, 0) is 4.74 Å². The number of nitrogens with one attached hydrogen (secondary N) is 1. The van der Waals surface area contributed by atoms with Gasteiger partial charge in [0.05, 0.1) is 13.4 Å². The van der Waals surface area contributed by atoms with Crippen molar-refractivity contribution in [3.05, 3.63) is 29.3 Å². The van der Waals surface area contributed by atoms with E-state index < -0.39 is 0 Å². The summed E-state index contributed by atoms with van der Waals surface area (Å²) in [5, 5.41) is 13.1. The molecule has 130 valence electrons. The Morgan fingerprint density at radius 2 is 2.28 bits per heavy atom. The number of anilines is 2. The third-order valence-corrected chi connectivity index (χ3v) is 4.41. The molecule has 9 heteroatoms. The summed E-state index contributed by atoms with van der Waals surface area (Å²) in [6.07, 6.45) is 3.62. The Labute approximate surface area is 152 Å². The van der Waals surface area contributed by atoms with Crippen LogP contribution in [0.25, 0.3) is 11.2 Å². The summed E-state index contributed by atoms with van der Waals surface area (Å²) in [5.74, 6) is 0.988. The summed E-state index contributed by atoms with van der Waals surface area (Å²) in [7, 11) is 1.50. The van der Waals surface area contributed by atoms with Crippen molar-refractivity contribution in [2.75, 3.05) is 19.0 Å². The van der Waals surface area contributed by atoms with Gasteiger partial charge in [0.25, 0.3) is 0 Å². The van der Waals surface area contributed by atoms with Gasteiger partial charge in [-0.05, 0) is 40.9 Å². The Balaban J connectivity index is 1.73. The summed E-state index contributed by atoms with van der Waals surface area (Å²) in [6.45, 7) is 0.743. The summed E-state index contributed by atoms with van der Waals surface area (Å²) >= 11 is 3.35. The van der Waals surface area contributed by atoms with E-state index in [4.69, 9.17) is 9.47 Å². The van der Waals surface area contributed by atoms with Crippen LogP contribution < -0.4 is 10.1 Å². The normalized spacial score (nSPS) is 17.1. The molecule has 25 heavy (non-hydrogen) atoms.